The van der Waals surface area contributed by atoms with Crippen molar-refractivity contribution in [2.24, 2.45) is 0 Å². The third kappa shape index (κ3) is 3.58. The maximum atomic E-state index is 5.57. The zero-order chi connectivity index (χ0) is 16.2. The number of furan rings is 1. The number of nitrogens with zero attached hydrogens (tertiary/aromatic N) is 3. The second kappa shape index (κ2) is 7.02. The van der Waals surface area contributed by atoms with Gasteiger partial charge < -0.3 is 8.83 Å². The quantitative estimate of drug-likeness (QED) is 0.468. The summed E-state index contributed by atoms with van der Waals surface area (Å²) in [4.78, 5) is 4.67. The molecule has 0 unspecified atom stereocenters. The highest BCUT2D eigenvalue weighted by molar-refractivity contribution is 7.98. The average molecular weight is 355 g/mol. The van der Waals surface area contributed by atoms with Gasteiger partial charge in [-0.15, -0.1) is 21.5 Å². The highest BCUT2D eigenvalue weighted by Gasteiger charge is 2.12. The Morgan fingerprint density at radius 2 is 1.96 bits per heavy atom. The SMILES string of the molecule is c1ccc(Cc2nc(CSc3nnc(-c4ccco4)o3)cs2)cc1. The van der Waals surface area contributed by atoms with E-state index in [9.17, 15) is 0 Å². The average Bonchev–Trinajstić information content (AvgIpc) is 3.35. The molecule has 0 radical (unpaired) electrons. The van der Waals surface area contributed by atoms with Crippen molar-refractivity contribution in [2.45, 2.75) is 17.4 Å². The lowest BCUT2D eigenvalue weighted by atomic mass is 10.2. The summed E-state index contributed by atoms with van der Waals surface area (Å²) in [6.07, 6.45) is 2.44. The van der Waals surface area contributed by atoms with Crippen LogP contribution >= 0.6 is 23.1 Å². The minimum absolute atomic E-state index is 0.394. The molecular weight excluding hydrogens is 342 g/mol. The molecule has 3 heterocycles. The Balaban J connectivity index is 1.36. The van der Waals surface area contributed by atoms with Gasteiger partial charge in [0, 0.05) is 17.6 Å². The van der Waals surface area contributed by atoms with Crippen molar-refractivity contribution < 1.29 is 8.83 Å². The predicted octanol–water partition coefficient (Wildman–Crippen LogP) is 4.67. The smallest absolute Gasteiger partial charge is 0.284 e. The number of hydrogen-bond donors (Lipinski definition) is 0. The number of hydrogen-bond acceptors (Lipinski definition) is 7. The Morgan fingerprint density at radius 1 is 1.04 bits per heavy atom. The molecule has 0 aliphatic rings. The van der Waals surface area contributed by atoms with Crippen LogP contribution in [-0.2, 0) is 12.2 Å². The van der Waals surface area contributed by atoms with Gasteiger partial charge in [0.05, 0.1) is 17.0 Å². The predicted molar refractivity (Wildman–Crippen MR) is 92.9 cm³/mol. The fourth-order valence-electron chi connectivity index (χ4n) is 2.17. The van der Waals surface area contributed by atoms with E-state index in [1.54, 1.807) is 29.7 Å². The van der Waals surface area contributed by atoms with E-state index in [-0.39, 0.29) is 0 Å². The normalized spacial score (nSPS) is 11.0. The topological polar surface area (TPSA) is 65.0 Å². The summed E-state index contributed by atoms with van der Waals surface area (Å²) in [7, 11) is 0. The molecule has 0 N–H and O–H groups in total. The van der Waals surface area contributed by atoms with Crippen molar-refractivity contribution in [2.75, 3.05) is 0 Å². The highest BCUT2D eigenvalue weighted by Crippen LogP contribution is 2.26. The monoisotopic (exact) mass is 355 g/mol. The third-order valence-electron chi connectivity index (χ3n) is 3.28. The largest absolute Gasteiger partial charge is 0.459 e. The van der Waals surface area contributed by atoms with Crippen LogP contribution in [0, 0.1) is 0 Å². The molecule has 0 saturated carbocycles. The number of thiazole rings is 1. The van der Waals surface area contributed by atoms with Crippen LogP contribution in [0.2, 0.25) is 0 Å². The number of rotatable bonds is 6. The van der Waals surface area contributed by atoms with Gasteiger partial charge in [-0.25, -0.2) is 4.98 Å². The first-order valence-electron chi connectivity index (χ1n) is 7.34. The lowest BCUT2D eigenvalue weighted by Gasteiger charge is -1.96. The fourth-order valence-corrected chi connectivity index (χ4v) is 3.76. The van der Waals surface area contributed by atoms with Crippen LogP contribution in [0.1, 0.15) is 16.3 Å². The van der Waals surface area contributed by atoms with Gasteiger partial charge in [0.2, 0.25) is 0 Å². The van der Waals surface area contributed by atoms with Crippen molar-refractivity contribution in [1.29, 1.82) is 0 Å². The molecule has 0 atom stereocenters. The minimum atomic E-state index is 0.394. The molecule has 120 valence electrons. The molecule has 0 spiro atoms. The van der Waals surface area contributed by atoms with Crippen molar-refractivity contribution in [3.05, 3.63) is 70.4 Å². The van der Waals surface area contributed by atoms with E-state index in [1.807, 2.05) is 18.2 Å². The van der Waals surface area contributed by atoms with Crippen LogP contribution < -0.4 is 0 Å². The molecule has 0 amide bonds. The first kappa shape index (κ1) is 15.2. The zero-order valence-electron chi connectivity index (χ0n) is 12.6. The van der Waals surface area contributed by atoms with E-state index in [2.05, 4.69) is 32.7 Å². The summed E-state index contributed by atoms with van der Waals surface area (Å²) >= 11 is 3.15. The van der Waals surface area contributed by atoms with Gasteiger partial charge >= 0.3 is 0 Å². The second-order valence-corrected chi connectivity index (χ2v) is 6.90. The van der Waals surface area contributed by atoms with E-state index in [1.165, 1.54) is 17.3 Å². The van der Waals surface area contributed by atoms with E-state index in [0.29, 0.717) is 22.6 Å². The molecule has 4 rings (SSSR count). The first-order chi connectivity index (χ1) is 11.9. The molecule has 0 saturated heterocycles. The van der Waals surface area contributed by atoms with Gasteiger partial charge in [0.25, 0.3) is 11.1 Å². The summed E-state index contributed by atoms with van der Waals surface area (Å²) in [5, 5.41) is 11.7. The molecule has 0 bridgehead atoms. The van der Waals surface area contributed by atoms with Gasteiger partial charge in [-0.2, -0.15) is 0 Å². The first-order valence-corrected chi connectivity index (χ1v) is 9.21. The Labute approximate surface area is 146 Å². The Morgan fingerprint density at radius 3 is 2.79 bits per heavy atom. The lowest BCUT2D eigenvalue weighted by Crippen LogP contribution is -1.88. The highest BCUT2D eigenvalue weighted by atomic mass is 32.2. The summed E-state index contributed by atoms with van der Waals surface area (Å²) in [5.41, 5.74) is 2.29. The van der Waals surface area contributed by atoms with Crippen molar-refractivity contribution in [1.82, 2.24) is 15.2 Å². The standard InChI is InChI=1S/C17H13N3O2S2/c1-2-5-12(6-3-1)9-15-18-13(10-23-15)11-24-17-20-19-16(22-17)14-7-4-8-21-14/h1-8,10H,9,11H2. The van der Waals surface area contributed by atoms with Crippen LogP contribution in [0.5, 0.6) is 0 Å². The maximum absolute atomic E-state index is 5.57. The fraction of sp³-hybridized carbons (Fsp3) is 0.118. The summed E-state index contributed by atoms with van der Waals surface area (Å²) in [5.74, 6) is 1.67. The van der Waals surface area contributed by atoms with Gasteiger partial charge in [-0.1, -0.05) is 42.1 Å². The van der Waals surface area contributed by atoms with Crippen LogP contribution in [0.3, 0.4) is 0 Å². The van der Waals surface area contributed by atoms with Crippen LogP contribution in [0.4, 0.5) is 0 Å². The molecule has 7 heteroatoms. The minimum Gasteiger partial charge on any atom is -0.459 e. The van der Waals surface area contributed by atoms with Crippen molar-refractivity contribution in [3.63, 3.8) is 0 Å². The van der Waals surface area contributed by atoms with Crippen molar-refractivity contribution >= 4 is 23.1 Å². The van der Waals surface area contributed by atoms with Gasteiger partial charge in [0.15, 0.2) is 5.76 Å². The third-order valence-corrected chi connectivity index (χ3v) is 5.03. The van der Waals surface area contributed by atoms with Crippen LogP contribution in [0.15, 0.2) is 68.2 Å². The molecule has 0 aliphatic heterocycles. The van der Waals surface area contributed by atoms with Gasteiger partial charge in [0.1, 0.15) is 0 Å². The summed E-state index contributed by atoms with van der Waals surface area (Å²) < 4.78 is 10.8. The van der Waals surface area contributed by atoms with E-state index >= 15 is 0 Å². The molecule has 0 fully saturated rings. The Hall–Kier alpha value is -2.38. The zero-order valence-corrected chi connectivity index (χ0v) is 14.2. The van der Waals surface area contributed by atoms with Crippen LogP contribution in [-0.4, -0.2) is 15.2 Å². The molecule has 1 aromatic carbocycles. The van der Waals surface area contributed by atoms with Gasteiger partial charge in [-0.3, -0.25) is 0 Å². The number of thioether (sulfide) groups is 1. The van der Waals surface area contributed by atoms with Gasteiger partial charge in [-0.05, 0) is 17.7 Å². The molecule has 0 aliphatic carbocycles. The molecule has 4 aromatic rings. The molecule has 24 heavy (non-hydrogen) atoms. The Bertz CT molecular complexity index is 901. The maximum Gasteiger partial charge on any atom is 0.284 e. The van der Waals surface area contributed by atoms with E-state index in [0.717, 1.165) is 17.1 Å². The van der Waals surface area contributed by atoms with Crippen LogP contribution in [0.25, 0.3) is 11.7 Å². The van der Waals surface area contributed by atoms with Crippen molar-refractivity contribution in [3.8, 4) is 11.7 Å². The number of benzene rings is 1. The van der Waals surface area contributed by atoms with E-state index < -0.39 is 0 Å². The Kier molecular flexibility index (Phi) is 4.44. The van der Waals surface area contributed by atoms with E-state index in [4.69, 9.17) is 8.83 Å². The lowest BCUT2D eigenvalue weighted by molar-refractivity contribution is 0.447. The molecule has 3 aromatic heterocycles. The summed E-state index contributed by atoms with van der Waals surface area (Å²) in [6, 6.07) is 13.9. The summed E-state index contributed by atoms with van der Waals surface area (Å²) in [6.45, 7) is 0. The molecular formula is C17H13N3O2S2. The molecule has 5 nitrogen and oxygen atoms in total. The number of aromatic nitrogens is 3. The second-order valence-electron chi connectivity index (χ2n) is 5.03.